The van der Waals surface area contributed by atoms with Crippen molar-refractivity contribution in [3.05, 3.63) is 29.3 Å². The van der Waals surface area contributed by atoms with Crippen LogP contribution in [-0.4, -0.2) is 103 Å². The van der Waals surface area contributed by atoms with Gasteiger partial charge in [-0.25, -0.2) is 9.78 Å². The zero-order valence-electron chi connectivity index (χ0n) is 31.1. The lowest BCUT2D eigenvalue weighted by atomic mass is 9.85. The fourth-order valence-corrected chi connectivity index (χ4v) is 7.61. The molecule has 6 rings (SSSR count). The fraction of sp³-hybridized carbons (Fsp3) is 0.692. The van der Waals surface area contributed by atoms with Gasteiger partial charge in [-0.1, -0.05) is 53.5 Å². The molecule has 12 nitrogen and oxygen atoms in total. The summed E-state index contributed by atoms with van der Waals surface area (Å²) in [5.74, 6) is 0.897. The van der Waals surface area contributed by atoms with Crippen molar-refractivity contribution in [3.63, 3.8) is 0 Å². The monoisotopic (exact) mass is 707 g/mol. The van der Waals surface area contributed by atoms with Crippen LogP contribution in [0.2, 0.25) is 0 Å². The minimum absolute atomic E-state index is 0.126. The van der Waals surface area contributed by atoms with Crippen molar-refractivity contribution in [2.45, 2.75) is 116 Å². The van der Waals surface area contributed by atoms with Crippen LogP contribution in [0.4, 0.5) is 4.79 Å². The van der Waals surface area contributed by atoms with Crippen LogP contribution in [0, 0.1) is 11.3 Å². The quantitative estimate of drug-likeness (QED) is 0.383. The molecule has 3 aliphatic heterocycles. The number of benzene rings is 1. The van der Waals surface area contributed by atoms with Gasteiger partial charge < -0.3 is 34.9 Å². The van der Waals surface area contributed by atoms with Crippen LogP contribution in [0.1, 0.15) is 96.6 Å². The number of carbonyl (C=O) groups is 3. The second-order valence-corrected chi connectivity index (χ2v) is 16.2. The van der Waals surface area contributed by atoms with Gasteiger partial charge in [0.05, 0.1) is 37.4 Å². The highest BCUT2D eigenvalue weighted by Gasteiger charge is 2.47. The predicted molar refractivity (Wildman–Crippen MR) is 194 cm³/mol. The van der Waals surface area contributed by atoms with Gasteiger partial charge in [0, 0.05) is 31.4 Å². The molecule has 3 fully saturated rings. The number of fused-ring (bicyclic) bond motifs is 5. The summed E-state index contributed by atoms with van der Waals surface area (Å²) in [5, 5.41) is 3.78. The number of morpholine rings is 1. The average Bonchev–Trinajstić information content (AvgIpc) is 3.67. The van der Waals surface area contributed by atoms with Crippen LogP contribution in [-0.2, 0) is 25.5 Å². The van der Waals surface area contributed by atoms with E-state index in [-0.39, 0.29) is 25.0 Å². The third-order valence-electron chi connectivity index (χ3n) is 10.8. The van der Waals surface area contributed by atoms with E-state index in [1.165, 1.54) is 4.90 Å². The smallest absolute Gasteiger partial charge is 0.408 e. The van der Waals surface area contributed by atoms with Gasteiger partial charge in [-0.3, -0.25) is 14.5 Å². The third-order valence-corrected chi connectivity index (χ3v) is 10.8. The zero-order valence-corrected chi connectivity index (χ0v) is 31.1. The summed E-state index contributed by atoms with van der Waals surface area (Å²) in [6.07, 6.45) is 5.21. The summed E-state index contributed by atoms with van der Waals surface area (Å²) in [6.45, 7) is 15.0. The normalized spacial score (nSPS) is 26.7. The van der Waals surface area contributed by atoms with Gasteiger partial charge in [-0.2, -0.15) is 0 Å². The number of carbonyl (C=O) groups excluding carboxylic acids is 3. The molecule has 1 saturated carbocycles. The Morgan fingerprint density at radius 3 is 2.61 bits per heavy atom. The molecular formula is C39H57N5O7. The van der Waals surface area contributed by atoms with E-state index in [9.17, 15) is 14.4 Å². The average molecular weight is 708 g/mol. The van der Waals surface area contributed by atoms with E-state index in [0.29, 0.717) is 30.7 Å². The fourth-order valence-electron chi connectivity index (χ4n) is 7.61. The molecule has 3 amide bonds. The minimum Gasteiger partial charge on any atom is -0.492 e. The number of hydrogen-bond donors (Lipinski definition) is 2. The van der Waals surface area contributed by atoms with Crippen LogP contribution in [0.3, 0.4) is 0 Å². The van der Waals surface area contributed by atoms with Crippen LogP contribution < -0.4 is 20.5 Å². The SMILES string of the molecule is CC(C)c1ccc2c(OCCCN3CCOCC3)c3c(nc2c1)O[C@@H]1C[C@@H](C(N)=O)N(C1)C(=O)[C@H](C(C)(C)C)NC(=O)O[C@@H]1CC1CCCCC3. The first kappa shape index (κ1) is 37.1. The van der Waals surface area contributed by atoms with Crippen molar-refractivity contribution >= 4 is 28.8 Å². The number of alkyl carbamates (subject to hydrolysis) is 1. The molecule has 2 aromatic rings. The predicted octanol–water partition coefficient (Wildman–Crippen LogP) is 4.94. The lowest BCUT2D eigenvalue weighted by molar-refractivity contribution is -0.141. The summed E-state index contributed by atoms with van der Waals surface area (Å²) < 4.78 is 24.7. The Morgan fingerprint density at radius 1 is 1.10 bits per heavy atom. The highest BCUT2D eigenvalue weighted by atomic mass is 16.6. The van der Waals surface area contributed by atoms with Gasteiger partial charge in [0.25, 0.3) is 0 Å². The Kier molecular flexibility index (Phi) is 11.6. The van der Waals surface area contributed by atoms with E-state index < -0.39 is 35.6 Å². The molecule has 1 aromatic carbocycles. The molecule has 51 heavy (non-hydrogen) atoms. The minimum atomic E-state index is -0.928. The van der Waals surface area contributed by atoms with E-state index in [1.807, 2.05) is 20.8 Å². The van der Waals surface area contributed by atoms with Crippen LogP contribution in [0.25, 0.3) is 10.9 Å². The van der Waals surface area contributed by atoms with Crippen LogP contribution in [0.15, 0.2) is 18.2 Å². The maximum Gasteiger partial charge on any atom is 0.408 e. The number of pyridine rings is 1. The van der Waals surface area contributed by atoms with Gasteiger partial charge in [0.15, 0.2) is 0 Å². The number of ether oxygens (including phenoxy) is 4. The molecule has 3 N–H and O–H groups in total. The molecule has 12 heteroatoms. The number of nitrogens with two attached hydrogens (primary N) is 1. The number of primary amides is 1. The summed E-state index contributed by atoms with van der Waals surface area (Å²) >= 11 is 0. The summed E-state index contributed by atoms with van der Waals surface area (Å²) in [7, 11) is 0. The maximum atomic E-state index is 14.2. The van der Waals surface area contributed by atoms with Gasteiger partial charge >= 0.3 is 6.09 Å². The highest BCUT2D eigenvalue weighted by Crippen LogP contribution is 2.41. The molecule has 1 aromatic heterocycles. The molecule has 0 radical (unpaired) electrons. The molecule has 0 spiro atoms. The van der Waals surface area contributed by atoms with Crippen LogP contribution >= 0.6 is 0 Å². The highest BCUT2D eigenvalue weighted by molar-refractivity contribution is 5.92. The van der Waals surface area contributed by atoms with E-state index in [0.717, 1.165) is 99.2 Å². The molecule has 1 aliphatic carbocycles. The second-order valence-electron chi connectivity index (χ2n) is 16.2. The van der Waals surface area contributed by atoms with E-state index in [2.05, 4.69) is 42.3 Å². The Labute approximate surface area is 302 Å². The Balaban J connectivity index is 1.34. The van der Waals surface area contributed by atoms with Crippen molar-refractivity contribution in [2.75, 3.05) is 46.0 Å². The van der Waals surface area contributed by atoms with E-state index in [1.54, 1.807) is 0 Å². The standard InChI is InChI=1S/C39H57N5O7/c1-24(2)25-12-13-28-30(20-25)41-36-29(33(28)49-17-9-14-43-15-18-48-19-16-43)11-8-6-7-10-26-21-32(26)51-38(47)42-34(39(3,4)5)37(46)44-23-27(50-36)22-31(44)35(40)45/h12-13,20,24,26-27,31-32,34H,6-11,14-19,21-23H2,1-5H3,(H2,40,45)(H,42,47)/t26?,27-,31+,32-,34-/m1/s1. The number of rotatable bonds is 7. The summed E-state index contributed by atoms with van der Waals surface area (Å²) in [4.78, 5) is 49.0. The first-order chi connectivity index (χ1) is 24.4. The van der Waals surface area contributed by atoms with Gasteiger partial charge in [-0.05, 0) is 67.1 Å². The lowest BCUT2D eigenvalue weighted by Crippen LogP contribution is -2.57. The first-order valence-corrected chi connectivity index (χ1v) is 19.0. The first-order valence-electron chi connectivity index (χ1n) is 19.0. The molecule has 4 aliphatic rings. The van der Waals surface area contributed by atoms with Crippen molar-refractivity contribution in [2.24, 2.45) is 17.1 Å². The topological polar surface area (TPSA) is 146 Å². The number of aromatic nitrogens is 1. The Bertz CT molecular complexity index is 1570. The second kappa shape index (κ2) is 15.9. The number of nitrogens with one attached hydrogen (secondary N) is 1. The molecule has 2 saturated heterocycles. The molecule has 2 bridgehead atoms. The summed E-state index contributed by atoms with van der Waals surface area (Å²) in [6, 6.07) is 4.56. The number of nitrogens with zero attached hydrogens (tertiary/aromatic N) is 3. The zero-order chi connectivity index (χ0) is 36.3. The molecule has 5 atom stereocenters. The maximum absolute atomic E-state index is 14.2. The lowest BCUT2D eigenvalue weighted by Gasteiger charge is -2.34. The van der Waals surface area contributed by atoms with E-state index in [4.69, 9.17) is 29.7 Å². The van der Waals surface area contributed by atoms with Crippen LogP contribution in [0.5, 0.6) is 11.6 Å². The molecular weight excluding hydrogens is 650 g/mol. The van der Waals surface area contributed by atoms with E-state index >= 15 is 0 Å². The van der Waals surface area contributed by atoms with Crippen molar-refractivity contribution < 1.29 is 33.3 Å². The molecule has 280 valence electrons. The Hall–Kier alpha value is -3.64. The van der Waals surface area contributed by atoms with Gasteiger partial charge in [-0.15, -0.1) is 0 Å². The van der Waals surface area contributed by atoms with Crippen molar-refractivity contribution in [1.82, 2.24) is 20.1 Å². The molecule has 4 heterocycles. The Morgan fingerprint density at radius 2 is 1.88 bits per heavy atom. The van der Waals surface area contributed by atoms with Crippen molar-refractivity contribution in [1.29, 1.82) is 0 Å². The summed E-state index contributed by atoms with van der Waals surface area (Å²) in [5.41, 5.74) is 8.12. The molecule has 1 unspecified atom stereocenters. The van der Waals surface area contributed by atoms with Gasteiger partial charge in [0.2, 0.25) is 17.7 Å². The van der Waals surface area contributed by atoms with Gasteiger partial charge in [0.1, 0.15) is 30.0 Å². The third kappa shape index (κ3) is 9.06. The number of hydrogen-bond acceptors (Lipinski definition) is 9. The number of amides is 3. The largest absolute Gasteiger partial charge is 0.492 e. The van der Waals surface area contributed by atoms with Crippen molar-refractivity contribution in [3.8, 4) is 11.6 Å².